The van der Waals surface area contributed by atoms with E-state index in [-0.39, 0.29) is 5.69 Å². The van der Waals surface area contributed by atoms with Crippen molar-refractivity contribution < 1.29 is 14.6 Å². The number of aromatic carboxylic acids is 1. The van der Waals surface area contributed by atoms with Crippen molar-refractivity contribution in [1.82, 2.24) is 15.0 Å². The van der Waals surface area contributed by atoms with E-state index in [2.05, 4.69) is 10.3 Å². The van der Waals surface area contributed by atoms with Gasteiger partial charge in [0.1, 0.15) is 12.4 Å². The fraction of sp³-hybridized carbons (Fsp3) is 0.357. The van der Waals surface area contributed by atoms with E-state index >= 15 is 0 Å². The van der Waals surface area contributed by atoms with Crippen molar-refractivity contribution in [2.24, 2.45) is 0 Å². The van der Waals surface area contributed by atoms with E-state index in [9.17, 15) is 4.79 Å². The molecule has 2 rings (SSSR count). The highest BCUT2D eigenvalue weighted by atomic mass is 16.5. The van der Waals surface area contributed by atoms with Gasteiger partial charge in [-0.1, -0.05) is 36.8 Å². The molecule has 0 aliphatic carbocycles. The molecule has 106 valence electrons. The van der Waals surface area contributed by atoms with Gasteiger partial charge in [-0.2, -0.15) is 0 Å². The van der Waals surface area contributed by atoms with E-state index in [0.29, 0.717) is 25.3 Å². The quantitative estimate of drug-likeness (QED) is 0.836. The molecule has 2 aromatic rings. The zero-order chi connectivity index (χ0) is 14.4. The van der Waals surface area contributed by atoms with Crippen LogP contribution in [0.1, 0.15) is 29.5 Å². The van der Waals surface area contributed by atoms with Crippen LogP contribution in [0.2, 0.25) is 0 Å². The summed E-state index contributed by atoms with van der Waals surface area (Å²) in [7, 11) is 0. The number of benzene rings is 1. The monoisotopic (exact) mass is 275 g/mol. The number of carbonyl (C=O) groups is 1. The Kier molecular flexibility index (Phi) is 4.70. The fourth-order valence-corrected chi connectivity index (χ4v) is 1.93. The predicted molar refractivity (Wildman–Crippen MR) is 72.9 cm³/mol. The molecule has 1 heterocycles. The third-order valence-electron chi connectivity index (χ3n) is 2.84. The largest absolute Gasteiger partial charge is 0.492 e. The van der Waals surface area contributed by atoms with Crippen LogP contribution < -0.4 is 4.74 Å². The summed E-state index contributed by atoms with van der Waals surface area (Å²) in [6.07, 6.45) is 1.48. The average molecular weight is 275 g/mol. The second-order valence-corrected chi connectivity index (χ2v) is 4.32. The number of hydrogen-bond acceptors (Lipinski definition) is 4. The summed E-state index contributed by atoms with van der Waals surface area (Å²) in [5, 5.41) is 16.7. The Hall–Kier alpha value is -2.37. The van der Waals surface area contributed by atoms with Gasteiger partial charge >= 0.3 is 5.97 Å². The van der Waals surface area contributed by atoms with Gasteiger partial charge in [-0.15, -0.1) is 5.10 Å². The van der Waals surface area contributed by atoms with Gasteiger partial charge in [-0.3, -0.25) is 0 Å². The van der Waals surface area contributed by atoms with Gasteiger partial charge in [0, 0.05) is 0 Å². The van der Waals surface area contributed by atoms with E-state index in [1.165, 1.54) is 0 Å². The first-order chi connectivity index (χ1) is 9.72. The lowest BCUT2D eigenvalue weighted by atomic mass is 10.2. The zero-order valence-corrected chi connectivity index (χ0v) is 11.3. The van der Waals surface area contributed by atoms with Crippen LogP contribution in [-0.2, 0) is 13.0 Å². The minimum absolute atomic E-state index is 0.0339. The Morgan fingerprint density at radius 3 is 2.75 bits per heavy atom. The highest BCUT2D eigenvalue weighted by Gasteiger charge is 2.17. The van der Waals surface area contributed by atoms with Crippen molar-refractivity contribution >= 4 is 5.97 Å². The number of ether oxygens (including phenoxy) is 1. The van der Waals surface area contributed by atoms with Gasteiger partial charge in [0.2, 0.25) is 0 Å². The molecule has 0 aliphatic rings. The zero-order valence-electron chi connectivity index (χ0n) is 11.3. The molecule has 0 amide bonds. The highest BCUT2D eigenvalue weighted by Crippen LogP contribution is 2.11. The molecule has 0 atom stereocenters. The van der Waals surface area contributed by atoms with Crippen LogP contribution in [0.3, 0.4) is 0 Å². The standard InChI is InChI=1S/C14H17N3O3/c1-2-6-12-13(14(18)19)15-16-17(12)9-10-20-11-7-4-3-5-8-11/h3-5,7-8H,2,6,9-10H2,1H3,(H,18,19). The van der Waals surface area contributed by atoms with Gasteiger partial charge in [0.05, 0.1) is 12.2 Å². The molecule has 0 unspecified atom stereocenters. The molecular formula is C14H17N3O3. The molecule has 1 aromatic carbocycles. The fourth-order valence-electron chi connectivity index (χ4n) is 1.93. The van der Waals surface area contributed by atoms with E-state index in [4.69, 9.17) is 9.84 Å². The van der Waals surface area contributed by atoms with Crippen LogP contribution >= 0.6 is 0 Å². The minimum Gasteiger partial charge on any atom is -0.492 e. The van der Waals surface area contributed by atoms with Crippen molar-refractivity contribution in [2.75, 3.05) is 6.61 Å². The second kappa shape index (κ2) is 6.70. The van der Waals surface area contributed by atoms with Crippen LogP contribution in [0.5, 0.6) is 5.75 Å². The summed E-state index contributed by atoms with van der Waals surface area (Å²) < 4.78 is 7.18. The van der Waals surface area contributed by atoms with Gasteiger partial charge in [-0.05, 0) is 18.6 Å². The highest BCUT2D eigenvalue weighted by molar-refractivity contribution is 5.86. The molecule has 6 nitrogen and oxygen atoms in total. The first-order valence-electron chi connectivity index (χ1n) is 6.56. The van der Waals surface area contributed by atoms with E-state index in [1.54, 1.807) is 4.68 Å². The lowest BCUT2D eigenvalue weighted by Gasteiger charge is -2.08. The molecule has 6 heteroatoms. The second-order valence-electron chi connectivity index (χ2n) is 4.32. The first-order valence-corrected chi connectivity index (χ1v) is 6.56. The number of aromatic nitrogens is 3. The Balaban J connectivity index is 2.00. The Labute approximate surface area is 117 Å². The molecule has 0 radical (unpaired) electrons. The molecule has 1 aromatic heterocycles. The Morgan fingerprint density at radius 1 is 1.35 bits per heavy atom. The SMILES string of the molecule is CCCc1c(C(=O)O)nnn1CCOc1ccccc1. The van der Waals surface area contributed by atoms with Crippen LogP contribution in [0.4, 0.5) is 0 Å². The lowest BCUT2D eigenvalue weighted by Crippen LogP contribution is -2.13. The number of para-hydroxylation sites is 1. The molecule has 0 saturated heterocycles. The van der Waals surface area contributed by atoms with E-state index in [0.717, 1.165) is 12.2 Å². The summed E-state index contributed by atoms with van der Waals surface area (Å²) in [4.78, 5) is 11.1. The molecule has 20 heavy (non-hydrogen) atoms. The number of hydrogen-bond donors (Lipinski definition) is 1. The molecular weight excluding hydrogens is 258 g/mol. The number of rotatable bonds is 7. The summed E-state index contributed by atoms with van der Waals surface area (Å²) in [6.45, 7) is 2.89. The third-order valence-corrected chi connectivity index (χ3v) is 2.84. The number of carboxylic acid groups (broad SMARTS) is 1. The average Bonchev–Trinajstić information content (AvgIpc) is 2.84. The smallest absolute Gasteiger partial charge is 0.358 e. The van der Waals surface area contributed by atoms with E-state index < -0.39 is 5.97 Å². The molecule has 0 bridgehead atoms. The summed E-state index contributed by atoms with van der Waals surface area (Å²) in [5.41, 5.74) is 0.684. The van der Waals surface area contributed by atoms with Crippen molar-refractivity contribution in [3.05, 3.63) is 41.7 Å². The maximum Gasteiger partial charge on any atom is 0.358 e. The van der Waals surface area contributed by atoms with Gasteiger partial charge in [-0.25, -0.2) is 9.48 Å². The maximum atomic E-state index is 11.1. The van der Waals surface area contributed by atoms with Crippen molar-refractivity contribution in [2.45, 2.75) is 26.3 Å². The normalized spacial score (nSPS) is 10.4. The van der Waals surface area contributed by atoms with Gasteiger partial charge < -0.3 is 9.84 Å². The van der Waals surface area contributed by atoms with Gasteiger partial charge in [0.25, 0.3) is 0 Å². The van der Waals surface area contributed by atoms with Crippen molar-refractivity contribution in [3.8, 4) is 5.75 Å². The maximum absolute atomic E-state index is 11.1. The third kappa shape index (κ3) is 3.34. The molecule has 1 N–H and O–H groups in total. The van der Waals surface area contributed by atoms with Crippen LogP contribution in [0, 0.1) is 0 Å². The topological polar surface area (TPSA) is 77.2 Å². The summed E-state index contributed by atoms with van der Waals surface area (Å²) in [5.74, 6) is -0.258. The van der Waals surface area contributed by atoms with E-state index in [1.807, 2.05) is 37.3 Å². The van der Waals surface area contributed by atoms with Crippen LogP contribution in [0.25, 0.3) is 0 Å². The summed E-state index contributed by atoms with van der Waals surface area (Å²) >= 11 is 0. The van der Waals surface area contributed by atoms with Crippen LogP contribution in [-0.4, -0.2) is 32.7 Å². The van der Waals surface area contributed by atoms with Crippen LogP contribution in [0.15, 0.2) is 30.3 Å². The number of carboxylic acids is 1. The number of nitrogens with zero attached hydrogens (tertiary/aromatic N) is 3. The van der Waals surface area contributed by atoms with Crippen molar-refractivity contribution in [1.29, 1.82) is 0 Å². The molecule has 0 fully saturated rings. The lowest BCUT2D eigenvalue weighted by molar-refractivity contribution is 0.0689. The Bertz CT molecular complexity index is 566. The Morgan fingerprint density at radius 2 is 2.10 bits per heavy atom. The first kappa shape index (κ1) is 14.0. The molecule has 0 spiro atoms. The van der Waals surface area contributed by atoms with Gasteiger partial charge in [0.15, 0.2) is 5.69 Å². The molecule has 0 saturated carbocycles. The minimum atomic E-state index is -1.04. The summed E-state index contributed by atoms with van der Waals surface area (Å²) in [6, 6.07) is 9.46. The molecule has 0 aliphatic heterocycles. The van der Waals surface area contributed by atoms with Crippen molar-refractivity contribution in [3.63, 3.8) is 0 Å². The predicted octanol–water partition coefficient (Wildman–Crippen LogP) is 2.01.